The van der Waals surface area contributed by atoms with Gasteiger partial charge in [0.25, 0.3) is 0 Å². The minimum atomic E-state index is -4.36. The van der Waals surface area contributed by atoms with Gasteiger partial charge in [-0.1, -0.05) is 47.6 Å². The van der Waals surface area contributed by atoms with E-state index in [1.54, 1.807) is 6.08 Å². The van der Waals surface area contributed by atoms with Crippen molar-refractivity contribution in [2.75, 3.05) is 13.1 Å². The maximum absolute atomic E-state index is 12.7. The second-order valence-electron chi connectivity index (χ2n) is 6.76. The highest BCUT2D eigenvalue weighted by molar-refractivity contribution is 5.64. The standard InChI is InChI=1S/C21H18F3N5/c1-2-11-29-18(12-25)20(19(29)13-27-28-26)16-5-3-14(4-6-16)15-7-9-17(10-8-15)21(22,23)24/h2-10,18-20H,1,11,13H2. The summed E-state index contributed by atoms with van der Waals surface area (Å²) in [5.74, 6) is -0.118. The number of alkyl halides is 3. The van der Waals surface area contributed by atoms with Gasteiger partial charge in [0.1, 0.15) is 6.04 Å². The number of halogens is 3. The number of hydrogen-bond donors (Lipinski definition) is 0. The normalized spacial score (nSPS) is 21.5. The van der Waals surface area contributed by atoms with Crippen LogP contribution in [0.4, 0.5) is 13.2 Å². The van der Waals surface area contributed by atoms with Crippen molar-refractivity contribution in [2.45, 2.75) is 24.2 Å². The molecule has 0 saturated carbocycles. The molecule has 29 heavy (non-hydrogen) atoms. The molecule has 0 amide bonds. The fraction of sp³-hybridized carbons (Fsp3) is 0.286. The molecule has 2 aromatic carbocycles. The molecule has 148 valence electrons. The van der Waals surface area contributed by atoms with Crippen molar-refractivity contribution in [3.05, 3.63) is 82.8 Å². The molecule has 0 radical (unpaired) electrons. The lowest BCUT2D eigenvalue weighted by atomic mass is 9.75. The molecular weight excluding hydrogens is 379 g/mol. The van der Waals surface area contributed by atoms with Crippen LogP contribution in [0.5, 0.6) is 0 Å². The molecule has 1 aliphatic rings. The van der Waals surface area contributed by atoms with E-state index in [9.17, 15) is 18.4 Å². The Balaban J connectivity index is 1.83. The van der Waals surface area contributed by atoms with E-state index in [-0.39, 0.29) is 24.5 Å². The highest BCUT2D eigenvalue weighted by Crippen LogP contribution is 2.41. The fourth-order valence-corrected chi connectivity index (χ4v) is 3.77. The predicted molar refractivity (Wildman–Crippen MR) is 104 cm³/mol. The Hall–Kier alpha value is -3.27. The van der Waals surface area contributed by atoms with Crippen LogP contribution >= 0.6 is 0 Å². The van der Waals surface area contributed by atoms with Crippen molar-refractivity contribution in [3.8, 4) is 17.2 Å². The van der Waals surface area contributed by atoms with Gasteiger partial charge in [0.05, 0.1) is 11.6 Å². The number of nitrogens with zero attached hydrogens (tertiary/aromatic N) is 5. The van der Waals surface area contributed by atoms with Crippen LogP contribution in [-0.4, -0.2) is 30.1 Å². The lowest BCUT2D eigenvalue weighted by Crippen LogP contribution is -2.62. The van der Waals surface area contributed by atoms with Gasteiger partial charge in [0.15, 0.2) is 0 Å². The average Bonchev–Trinajstić information content (AvgIpc) is 2.71. The van der Waals surface area contributed by atoms with Crippen molar-refractivity contribution in [1.82, 2.24) is 4.90 Å². The molecule has 1 heterocycles. The number of benzene rings is 2. The van der Waals surface area contributed by atoms with Crippen LogP contribution in [0.25, 0.3) is 21.6 Å². The lowest BCUT2D eigenvalue weighted by molar-refractivity contribution is -0.137. The van der Waals surface area contributed by atoms with Crippen molar-refractivity contribution < 1.29 is 13.2 Å². The van der Waals surface area contributed by atoms with Gasteiger partial charge in [-0.2, -0.15) is 18.4 Å². The van der Waals surface area contributed by atoms with E-state index in [0.717, 1.165) is 23.3 Å². The van der Waals surface area contributed by atoms with Crippen molar-refractivity contribution in [3.63, 3.8) is 0 Å². The van der Waals surface area contributed by atoms with E-state index in [1.165, 1.54) is 12.1 Å². The van der Waals surface area contributed by atoms with Crippen LogP contribution in [0.15, 0.2) is 66.3 Å². The molecule has 0 bridgehead atoms. The first kappa shape index (κ1) is 20.5. The Morgan fingerprint density at radius 3 is 2.21 bits per heavy atom. The van der Waals surface area contributed by atoms with Crippen LogP contribution in [0.3, 0.4) is 0 Å². The molecule has 2 aromatic rings. The summed E-state index contributed by atoms with van der Waals surface area (Å²) in [6, 6.07) is 14.2. The number of hydrogen-bond acceptors (Lipinski definition) is 3. The third-order valence-electron chi connectivity index (χ3n) is 5.18. The van der Waals surface area contributed by atoms with E-state index in [1.807, 2.05) is 29.2 Å². The highest BCUT2D eigenvalue weighted by atomic mass is 19.4. The Morgan fingerprint density at radius 1 is 1.14 bits per heavy atom. The first-order valence-electron chi connectivity index (χ1n) is 8.95. The zero-order valence-corrected chi connectivity index (χ0v) is 15.4. The average molecular weight is 397 g/mol. The molecule has 5 nitrogen and oxygen atoms in total. The molecule has 0 aliphatic carbocycles. The SMILES string of the molecule is C=CCN1C(C#N)C(c2ccc(-c3ccc(C(F)(F)F)cc3)cc2)C1CN=[N+]=[N-]. The molecule has 3 atom stereocenters. The smallest absolute Gasteiger partial charge is 0.280 e. The Labute approximate surface area is 166 Å². The summed E-state index contributed by atoms with van der Waals surface area (Å²) >= 11 is 0. The van der Waals surface area contributed by atoms with Crippen LogP contribution < -0.4 is 0 Å². The maximum atomic E-state index is 12.7. The van der Waals surface area contributed by atoms with Crippen LogP contribution in [0, 0.1) is 11.3 Å². The monoisotopic (exact) mass is 397 g/mol. The first-order chi connectivity index (χ1) is 13.9. The fourth-order valence-electron chi connectivity index (χ4n) is 3.77. The zero-order valence-electron chi connectivity index (χ0n) is 15.4. The summed E-state index contributed by atoms with van der Waals surface area (Å²) in [5, 5.41) is 13.2. The van der Waals surface area contributed by atoms with Gasteiger partial charge in [-0.05, 0) is 34.4 Å². The summed E-state index contributed by atoms with van der Waals surface area (Å²) in [5.41, 5.74) is 10.3. The molecule has 3 unspecified atom stereocenters. The molecule has 1 saturated heterocycles. The van der Waals surface area contributed by atoms with Gasteiger partial charge in [0.2, 0.25) is 0 Å². The Morgan fingerprint density at radius 2 is 1.72 bits per heavy atom. The number of rotatable bonds is 6. The molecule has 1 fully saturated rings. The lowest BCUT2D eigenvalue weighted by Gasteiger charge is -2.51. The highest BCUT2D eigenvalue weighted by Gasteiger charge is 2.48. The minimum Gasteiger partial charge on any atom is -0.280 e. The Kier molecular flexibility index (Phi) is 5.92. The summed E-state index contributed by atoms with van der Waals surface area (Å²) in [6.07, 6.45) is -2.66. The summed E-state index contributed by atoms with van der Waals surface area (Å²) < 4.78 is 38.2. The van der Waals surface area contributed by atoms with Gasteiger partial charge < -0.3 is 0 Å². The van der Waals surface area contributed by atoms with Gasteiger partial charge in [-0.25, -0.2) is 0 Å². The third-order valence-corrected chi connectivity index (χ3v) is 5.18. The zero-order chi connectivity index (χ0) is 21.0. The minimum absolute atomic E-state index is 0.106. The van der Waals surface area contributed by atoms with Gasteiger partial charge in [-0.15, -0.1) is 6.58 Å². The molecule has 8 heteroatoms. The third kappa shape index (κ3) is 4.11. The number of nitriles is 1. The van der Waals surface area contributed by atoms with E-state index < -0.39 is 11.7 Å². The van der Waals surface area contributed by atoms with E-state index in [2.05, 4.69) is 22.7 Å². The van der Waals surface area contributed by atoms with E-state index in [4.69, 9.17) is 5.53 Å². The predicted octanol–water partition coefficient (Wildman–Crippen LogP) is 5.53. The second-order valence-corrected chi connectivity index (χ2v) is 6.76. The first-order valence-corrected chi connectivity index (χ1v) is 8.95. The van der Waals surface area contributed by atoms with Crippen molar-refractivity contribution >= 4 is 0 Å². The summed E-state index contributed by atoms with van der Waals surface area (Å²) in [4.78, 5) is 4.76. The van der Waals surface area contributed by atoms with E-state index in [0.29, 0.717) is 12.1 Å². The maximum Gasteiger partial charge on any atom is 0.416 e. The molecule has 0 aromatic heterocycles. The largest absolute Gasteiger partial charge is 0.416 e. The van der Waals surface area contributed by atoms with Crippen LogP contribution in [-0.2, 0) is 6.18 Å². The van der Waals surface area contributed by atoms with Crippen molar-refractivity contribution in [1.29, 1.82) is 5.26 Å². The van der Waals surface area contributed by atoms with Gasteiger partial charge in [-0.3, -0.25) is 4.90 Å². The molecule has 1 aliphatic heterocycles. The topological polar surface area (TPSA) is 75.8 Å². The summed E-state index contributed by atoms with van der Waals surface area (Å²) in [7, 11) is 0. The van der Waals surface area contributed by atoms with E-state index >= 15 is 0 Å². The molecule has 0 N–H and O–H groups in total. The van der Waals surface area contributed by atoms with Crippen LogP contribution in [0.1, 0.15) is 17.0 Å². The molecule has 0 spiro atoms. The van der Waals surface area contributed by atoms with Gasteiger partial charge in [0, 0.05) is 30.0 Å². The number of azide groups is 1. The molecular formula is C21H18F3N5. The van der Waals surface area contributed by atoms with Gasteiger partial charge >= 0.3 is 6.18 Å². The van der Waals surface area contributed by atoms with Crippen LogP contribution in [0.2, 0.25) is 0 Å². The summed E-state index contributed by atoms with van der Waals surface area (Å²) in [6.45, 7) is 4.47. The number of likely N-dealkylation sites (tertiary alicyclic amines) is 1. The van der Waals surface area contributed by atoms with Crippen molar-refractivity contribution in [2.24, 2.45) is 5.11 Å². The Bertz CT molecular complexity index is 954. The quantitative estimate of drug-likeness (QED) is 0.278. The second kappa shape index (κ2) is 8.39. The molecule has 3 rings (SSSR count).